The number of amides is 1. The second kappa shape index (κ2) is 7.21. The number of nitro benzene ring substituents is 1. The Hall–Kier alpha value is -3.75. The summed E-state index contributed by atoms with van der Waals surface area (Å²) in [6, 6.07) is 10.8. The third-order valence-corrected chi connectivity index (χ3v) is 3.25. The van der Waals surface area contributed by atoms with Crippen LogP contribution in [0.3, 0.4) is 0 Å². The minimum atomic E-state index is -0.495. The van der Waals surface area contributed by atoms with Gasteiger partial charge in [-0.15, -0.1) is 0 Å². The van der Waals surface area contributed by atoms with Crippen LogP contribution in [0.25, 0.3) is 0 Å². The molecule has 3 rings (SSSR count). The minimum Gasteiger partial charge on any atom is -0.454 e. The molecule has 0 aliphatic rings. The number of hydrazone groups is 1. The molecule has 9 heteroatoms. The fourth-order valence-corrected chi connectivity index (χ4v) is 2.04. The molecule has 25 heavy (non-hydrogen) atoms. The first kappa shape index (κ1) is 16.1. The molecule has 2 heterocycles. The van der Waals surface area contributed by atoms with E-state index in [4.69, 9.17) is 4.42 Å². The monoisotopic (exact) mass is 339 g/mol. The summed E-state index contributed by atoms with van der Waals surface area (Å²) in [5.41, 5.74) is 2.94. The molecule has 0 unspecified atom stereocenters. The first-order chi connectivity index (χ1) is 12.1. The van der Waals surface area contributed by atoms with E-state index in [0.717, 1.165) is 0 Å². The molecule has 2 aromatic heterocycles. The van der Waals surface area contributed by atoms with Crippen LogP contribution in [0, 0.1) is 10.1 Å². The van der Waals surface area contributed by atoms with E-state index in [1.54, 1.807) is 35.3 Å². The fraction of sp³-hybridized carbons (Fsp3) is 0.0625. The van der Waals surface area contributed by atoms with Gasteiger partial charge < -0.3 is 4.42 Å². The zero-order valence-electron chi connectivity index (χ0n) is 12.9. The van der Waals surface area contributed by atoms with Gasteiger partial charge in [0, 0.05) is 24.5 Å². The van der Waals surface area contributed by atoms with Crippen molar-refractivity contribution in [2.45, 2.75) is 6.54 Å². The maximum atomic E-state index is 12.0. The molecule has 0 fully saturated rings. The summed E-state index contributed by atoms with van der Waals surface area (Å²) in [5, 5.41) is 18.4. The molecule has 0 radical (unpaired) electrons. The van der Waals surface area contributed by atoms with Gasteiger partial charge in [-0.05, 0) is 35.9 Å². The van der Waals surface area contributed by atoms with Crippen LogP contribution < -0.4 is 5.43 Å². The van der Waals surface area contributed by atoms with Crippen molar-refractivity contribution in [1.29, 1.82) is 0 Å². The van der Waals surface area contributed by atoms with Crippen molar-refractivity contribution in [3.8, 4) is 0 Å². The first-order valence-electron chi connectivity index (χ1n) is 7.26. The minimum absolute atomic E-state index is 0.0125. The van der Waals surface area contributed by atoms with Gasteiger partial charge in [-0.25, -0.2) is 5.43 Å². The topological polar surface area (TPSA) is 116 Å². The van der Waals surface area contributed by atoms with E-state index in [1.165, 1.54) is 30.5 Å². The molecule has 126 valence electrons. The van der Waals surface area contributed by atoms with Crippen LogP contribution in [0.1, 0.15) is 21.9 Å². The molecule has 9 nitrogen and oxygen atoms in total. The van der Waals surface area contributed by atoms with Gasteiger partial charge in [-0.1, -0.05) is 0 Å². The van der Waals surface area contributed by atoms with E-state index >= 15 is 0 Å². The number of nitrogens with zero attached hydrogens (tertiary/aromatic N) is 4. The van der Waals surface area contributed by atoms with Crippen molar-refractivity contribution >= 4 is 17.8 Å². The lowest BCUT2D eigenvalue weighted by Crippen LogP contribution is -2.16. The zero-order valence-corrected chi connectivity index (χ0v) is 12.9. The van der Waals surface area contributed by atoms with Gasteiger partial charge in [0.25, 0.3) is 5.69 Å². The molecule has 0 saturated heterocycles. The van der Waals surface area contributed by atoms with E-state index in [0.29, 0.717) is 17.9 Å². The number of furan rings is 1. The Labute approximate surface area is 141 Å². The average molecular weight is 339 g/mol. The third kappa shape index (κ3) is 4.16. The molecular formula is C16H13N5O4. The Bertz CT molecular complexity index is 897. The van der Waals surface area contributed by atoms with Crippen molar-refractivity contribution in [2.24, 2.45) is 5.10 Å². The van der Waals surface area contributed by atoms with Crippen LogP contribution in [-0.2, 0) is 6.54 Å². The summed E-state index contributed by atoms with van der Waals surface area (Å²) >= 11 is 0. The van der Waals surface area contributed by atoms with Crippen LogP contribution in [0.5, 0.6) is 0 Å². The lowest BCUT2D eigenvalue weighted by atomic mass is 10.2. The van der Waals surface area contributed by atoms with Gasteiger partial charge in [0.05, 0.1) is 17.7 Å². The summed E-state index contributed by atoms with van der Waals surface area (Å²) in [5.74, 6) is 0.223. The fourth-order valence-electron chi connectivity index (χ4n) is 2.04. The molecule has 0 atom stereocenters. The second-order valence-corrected chi connectivity index (χ2v) is 5.02. The lowest BCUT2D eigenvalue weighted by molar-refractivity contribution is -0.384. The van der Waals surface area contributed by atoms with Crippen molar-refractivity contribution in [2.75, 3.05) is 0 Å². The van der Waals surface area contributed by atoms with Gasteiger partial charge in [0.1, 0.15) is 5.76 Å². The highest BCUT2D eigenvalue weighted by molar-refractivity contribution is 5.92. The van der Waals surface area contributed by atoms with E-state index in [-0.39, 0.29) is 11.4 Å². The second-order valence-electron chi connectivity index (χ2n) is 5.02. The Morgan fingerprint density at radius 3 is 2.80 bits per heavy atom. The quantitative estimate of drug-likeness (QED) is 0.420. The number of hydrogen-bond acceptors (Lipinski definition) is 6. The van der Waals surface area contributed by atoms with Gasteiger partial charge in [0.2, 0.25) is 0 Å². The number of aromatic nitrogens is 2. The third-order valence-electron chi connectivity index (χ3n) is 3.25. The number of nitrogens with one attached hydrogen (secondary N) is 1. The van der Waals surface area contributed by atoms with Gasteiger partial charge >= 0.3 is 5.91 Å². The first-order valence-corrected chi connectivity index (χ1v) is 7.26. The van der Waals surface area contributed by atoms with Crippen LogP contribution >= 0.6 is 0 Å². The van der Waals surface area contributed by atoms with Gasteiger partial charge in [-0.3, -0.25) is 19.6 Å². The summed E-state index contributed by atoms with van der Waals surface area (Å²) in [6.07, 6.45) is 4.83. The van der Waals surface area contributed by atoms with Crippen LogP contribution in [-0.4, -0.2) is 26.8 Å². The number of carbonyl (C=O) groups excluding carboxylic acids is 1. The molecular weight excluding hydrogens is 326 g/mol. The lowest BCUT2D eigenvalue weighted by Gasteiger charge is -1.98. The number of non-ortho nitro benzene ring substituents is 1. The van der Waals surface area contributed by atoms with E-state index in [9.17, 15) is 14.9 Å². The number of nitro groups is 1. The normalized spacial score (nSPS) is 10.9. The van der Waals surface area contributed by atoms with Crippen LogP contribution in [0.4, 0.5) is 5.69 Å². The summed E-state index contributed by atoms with van der Waals surface area (Å²) in [7, 11) is 0. The Morgan fingerprint density at radius 1 is 1.32 bits per heavy atom. The predicted octanol–water partition coefficient (Wildman–Crippen LogP) is 2.20. The van der Waals surface area contributed by atoms with Crippen molar-refractivity contribution in [3.05, 3.63) is 82.1 Å². The number of hydrogen-bond donors (Lipinski definition) is 1. The van der Waals surface area contributed by atoms with Crippen molar-refractivity contribution in [1.82, 2.24) is 15.2 Å². The Morgan fingerprint density at radius 2 is 2.12 bits per heavy atom. The molecule has 1 N–H and O–H groups in total. The molecule has 0 bridgehead atoms. The summed E-state index contributed by atoms with van der Waals surface area (Å²) in [6.45, 7) is 0.423. The number of benzene rings is 1. The van der Waals surface area contributed by atoms with Crippen molar-refractivity contribution in [3.63, 3.8) is 0 Å². The highest BCUT2D eigenvalue weighted by Gasteiger charge is 2.10. The molecule has 0 aliphatic carbocycles. The molecule has 0 spiro atoms. The highest BCUT2D eigenvalue weighted by Crippen LogP contribution is 2.11. The van der Waals surface area contributed by atoms with Crippen LogP contribution in [0.15, 0.2) is 64.4 Å². The highest BCUT2D eigenvalue weighted by atomic mass is 16.6. The number of rotatable bonds is 6. The number of carbonyl (C=O) groups is 1. The molecule has 1 amide bonds. The maximum absolute atomic E-state index is 12.0. The SMILES string of the molecule is O=C(N/N=C/c1ccc([N+](=O)[O-])cc1)c1ccc(Cn2cccn2)o1. The zero-order chi connectivity index (χ0) is 17.6. The van der Waals surface area contributed by atoms with Crippen LogP contribution in [0.2, 0.25) is 0 Å². The summed E-state index contributed by atoms with van der Waals surface area (Å²) < 4.78 is 7.12. The van der Waals surface area contributed by atoms with Crippen molar-refractivity contribution < 1.29 is 14.1 Å². The van der Waals surface area contributed by atoms with Gasteiger partial charge in [-0.2, -0.15) is 10.2 Å². The van der Waals surface area contributed by atoms with E-state index in [2.05, 4.69) is 15.6 Å². The Balaban J connectivity index is 1.57. The van der Waals surface area contributed by atoms with Gasteiger partial charge in [0.15, 0.2) is 5.76 Å². The van der Waals surface area contributed by atoms with E-state index < -0.39 is 10.8 Å². The summed E-state index contributed by atoms with van der Waals surface area (Å²) in [4.78, 5) is 22.1. The molecule has 3 aromatic rings. The molecule has 0 aliphatic heterocycles. The Kier molecular flexibility index (Phi) is 4.65. The smallest absolute Gasteiger partial charge is 0.307 e. The predicted molar refractivity (Wildman–Crippen MR) is 88.2 cm³/mol. The maximum Gasteiger partial charge on any atom is 0.307 e. The largest absolute Gasteiger partial charge is 0.454 e. The molecule has 0 saturated carbocycles. The van der Waals surface area contributed by atoms with E-state index in [1.807, 2.05) is 0 Å². The molecule has 1 aromatic carbocycles. The average Bonchev–Trinajstić information content (AvgIpc) is 3.28. The standard InChI is InChI=1S/C16H13N5O4/c22-16(15-7-6-14(25-15)11-20-9-1-8-18-20)19-17-10-12-2-4-13(5-3-12)21(23)24/h1-10H,11H2,(H,19,22)/b17-10+.